The van der Waals surface area contributed by atoms with Crippen molar-refractivity contribution in [3.05, 3.63) is 21.8 Å². The Kier molecular flexibility index (Phi) is 5.12. The molecule has 2 N–H and O–H groups in total. The summed E-state index contributed by atoms with van der Waals surface area (Å²) in [5.74, 6) is 1.37. The molecule has 2 aromatic rings. The van der Waals surface area contributed by atoms with Crippen molar-refractivity contribution in [3.63, 3.8) is 0 Å². The molecule has 2 heterocycles. The lowest BCUT2D eigenvalue weighted by atomic mass is 10.1. The number of thiophene rings is 1. The zero-order chi connectivity index (χ0) is 11.7. The van der Waals surface area contributed by atoms with Crippen molar-refractivity contribution >= 4 is 39.7 Å². The lowest BCUT2D eigenvalue weighted by molar-refractivity contribution is 0.325. The van der Waals surface area contributed by atoms with Crippen molar-refractivity contribution in [1.82, 2.24) is 10.1 Å². The normalized spacial score (nSPS) is 12.5. The van der Waals surface area contributed by atoms with Gasteiger partial charge in [-0.15, -0.1) is 23.7 Å². The summed E-state index contributed by atoms with van der Waals surface area (Å²) < 4.78 is 6.18. The Balaban J connectivity index is 0.00000144. The molecular formula is C10H13BrClN3OS. The number of nitrogens with two attached hydrogens (primary N) is 1. The number of halogens is 2. The second kappa shape index (κ2) is 5.95. The molecule has 0 aliphatic rings. The van der Waals surface area contributed by atoms with Gasteiger partial charge in [0.15, 0.2) is 0 Å². The van der Waals surface area contributed by atoms with Gasteiger partial charge in [0.25, 0.3) is 0 Å². The highest BCUT2D eigenvalue weighted by Gasteiger charge is 2.19. The molecule has 7 heteroatoms. The quantitative estimate of drug-likeness (QED) is 0.928. The van der Waals surface area contributed by atoms with E-state index in [1.54, 1.807) is 11.3 Å². The van der Waals surface area contributed by atoms with Crippen molar-refractivity contribution in [3.8, 4) is 10.7 Å². The molecule has 0 saturated heterocycles. The van der Waals surface area contributed by atoms with Gasteiger partial charge in [-0.05, 0) is 27.9 Å². The third kappa shape index (κ3) is 3.28. The summed E-state index contributed by atoms with van der Waals surface area (Å²) in [4.78, 5) is 5.27. The van der Waals surface area contributed by atoms with Crippen LogP contribution >= 0.6 is 39.7 Å². The molecule has 2 rings (SSSR count). The van der Waals surface area contributed by atoms with Gasteiger partial charge in [-0.3, -0.25) is 0 Å². The number of hydrogen-bond donors (Lipinski definition) is 1. The van der Waals surface area contributed by atoms with E-state index in [0.717, 1.165) is 9.35 Å². The standard InChI is InChI=1S/C10H12BrN3OS.ClH/c1-5(2)8(12)10-13-9(14-15-10)7-3-6(11)4-16-7;/h3-5,8H,12H2,1-2H3;1H/t8-;/m1./s1. The maximum Gasteiger partial charge on any atom is 0.244 e. The minimum atomic E-state index is -0.204. The zero-order valence-electron chi connectivity index (χ0n) is 9.38. The molecule has 0 aromatic carbocycles. The summed E-state index contributed by atoms with van der Waals surface area (Å²) >= 11 is 4.95. The Morgan fingerprint density at radius 3 is 2.71 bits per heavy atom. The highest BCUT2D eigenvalue weighted by Crippen LogP contribution is 2.28. The van der Waals surface area contributed by atoms with Crippen molar-refractivity contribution in [2.24, 2.45) is 11.7 Å². The van der Waals surface area contributed by atoms with Crippen LogP contribution in [-0.4, -0.2) is 10.1 Å². The van der Waals surface area contributed by atoms with Gasteiger partial charge in [0.05, 0.1) is 10.9 Å². The molecule has 94 valence electrons. The van der Waals surface area contributed by atoms with Gasteiger partial charge in [0.1, 0.15) is 0 Å². The van der Waals surface area contributed by atoms with Crippen molar-refractivity contribution in [2.45, 2.75) is 19.9 Å². The Morgan fingerprint density at radius 1 is 1.47 bits per heavy atom. The molecule has 0 amide bonds. The fraction of sp³-hybridized carbons (Fsp3) is 0.400. The van der Waals surface area contributed by atoms with Crippen LogP contribution in [0, 0.1) is 5.92 Å². The third-order valence-corrected chi connectivity index (χ3v) is 3.92. The highest BCUT2D eigenvalue weighted by molar-refractivity contribution is 9.10. The molecule has 0 fully saturated rings. The van der Waals surface area contributed by atoms with E-state index in [4.69, 9.17) is 10.3 Å². The van der Waals surface area contributed by atoms with E-state index in [-0.39, 0.29) is 24.4 Å². The first-order chi connectivity index (χ1) is 7.58. The maximum atomic E-state index is 5.93. The van der Waals surface area contributed by atoms with E-state index in [0.29, 0.717) is 11.7 Å². The number of hydrogen-bond acceptors (Lipinski definition) is 5. The van der Waals surface area contributed by atoms with E-state index >= 15 is 0 Å². The lowest BCUT2D eigenvalue weighted by Crippen LogP contribution is -2.16. The van der Waals surface area contributed by atoms with Gasteiger partial charge in [0, 0.05) is 9.85 Å². The third-order valence-electron chi connectivity index (χ3n) is 2.23. The Hall–Kier alpha value is -0.430. The van der Waals surface area contributed by atoms with Crippen LogP contribution in [0.15, 0.2) is 20.4 Å². The van der Waals surface area contributed by atoms with Crippen LogP contribution in [-0.2, 0) is 0 Å². The predicted octanol–water partition coefficient (Wildman–Crippen LogP) is 3.64. The van der Waals surface area contributed by atoms with Crippen LogP contribution in [0.2, 0.25) is 0 Å². The number of nitrogens with zero attached hydrogens (tertiary/aromatic N) is 2. The average molecular weight is 339 g/mol. The van der Waals surface area contributed by atoms with Crippen molar-refractivity contribution in [1.29, 1.82) is 0 Å². The van der Waals surface area contributed by atoms with E-state index in [2.05, 4.69) is 26.1 Å². The molecule has 17 heavy (non-hydrogen) atoms. The number of rotatable bonds is 3. The lowest BCUT2D eigenvalue weighted by Gasteiger charge is -2.08. The molecule has 0 aliphatic carbocycles. The largest absolute Gasteiger partial charge is 0.337 e. The smallest absolute Gasteiger partial charge is 0.244 e. The molecule has 0 saturated carbocycles. The van der Waals surface area contributed by atoms with Crippen LogP contribution in [0.25, 0.3) is 10.7 Å². The van der Waals surface area contributed by atoms with Gasteiger partial charge < -0.3 is 10.3 Å². The Bertz CT molecular complexity index is 485. The molecular weight excluding hydrogens is 326 g/mol. The summed E-state index contributed by atoms with van der Waals surface area (Å²) in [6.07, 6.45) is 0. The fourth-order valence-electron chi connectivity index (χ4n) is 1.19. The highest BCUT2D eigenvalue weighted by atomic mass is 79.9. The van der Waals surface area contributed by atoms with Gasteiger partial charge in [-0.2, -0.15) is 4.98 Å². The van der Waals surface area contributed by atoms with Crippen LogP contribution < -0.4 is 5.73 Å². The maximum absolute atomic E-state index is 5.93. The molecule has 0 radical (unpaired) electrons. The summed E-state index contributed by atoms with van der Waals surface area (Å²) in [7, 11) is 0. The molecule has 1 atom stereocenters. The number of aromatic nitrogens is 2. The van der Waals surface area contributed by atoms with Crippen LogP contribution in [0.5, 0.6) is 0 Å². The minimum absolute atomic E-state index is 0. The van der Waals surface area contributed by atoms with Crippen LogP contribution in [0.1, 0.15) is 25.8 Å². The van der Waals surface area contributed by atoms with Crippen molar-refractivity contribution in [2.75, 3.05) is 0 Å². The molecule has 0 unspecified atom stereocenters. The SMILES string of the molecule is CC(C)[C@@H](N)c1nc(-c2cc(Br)cs2)no1.Cl. The first-order valence-electron chi connectivity index (χ1n) is 4.91. The van der Waals surface area contributed by atoms with Gasteiger partial charge in [0.2, 0.25) is 11.7 Å². The predicted molar refractivity (Wildman–Crippen MR) is 74.3 cm³/mol. The molecule has 0 spiro atoms. The minimum Gasteiger partial charge on any atom is -0.337 e. The second-order valence-electron chi connectivity index (χ2n) is 3.86. The Morgan fingerprint density at radius 2 is 2.18 bits per heavy atom. The molecule has 0 bridgehead atoms. The van der Waals surface area contributed by atoms with E-state index in [1.165, 1.54) is 0 Å². The molecule has 2 aromatic heterocycles. The van der Waals surface area contributed by atoms with Gasteiger partial charge >= 0.3 is 0 Å². The van der Waals surface area contributed by atoms with Crippen LogP contribution in [0.4, 0.5) is 0 Å². The van der Waals surface area contributed by atoms with E-state index in [1.807, 2.05) is 25.3 Å². The summed E-state index contributed by atoms with van der Waals surface area (Å²) in [6, 6.07) is 1.75. The molecule has 0 aliphatic heterocycles. The summed E-state index contributed by atoms with van der Waals surface area (Å²) in [5.41, 5.74) is 5.93. The van der Waals surface area contributed by atoms with Crippen molar-refractivity contribution < 1.29 is 4.52 Å². The first-order valence-corrected chi connectivity index (χ1v) is 6.59. The van der Waals surface area contributed by atoms with Gasteiger partial charge in [-0.25, -0.2) is 0 Å². The second-order valence-corrected chi connectivity index (χ2v) is 5.68. The van der Waals surface area contributed by atoms with Crippen LogP contribution in [0.3, 0.4) is 0 Å². The zero-order valence-corrected chi connectivity index (χ0v) is 12.6. The topological polar surface area (TPSA) is 64.9 Å². The van der Waals surface area contributed by atoms with E-state index in [9.17, 15) is 0 Å². The fourth-order valence-corrected chi connectivity index (χ4v) is 2.54. The van der Waals surface area contributed by atoms with E-state index < -0.39 is 0 Å². The Labute approximate surface area is 118 Å². The average Bonchev–Trinajstić information content (AvgIpc) is 2.84. The van der Waals surface area contributed by atoms with Gasteiger partial charge in [-0.1, -0.05) is 19.0 Å². The summed E-state index contributed by atoms with van der Waals surface area (Å²) in [5, 5.41) is 5.91. The first kappa shape index (κ1) is 14.6. The molecule has 4 nitrogen and oxygen atoms in total. The monoisotopic (exact) mass is 337 g/mol. The summed E-state index contributed by atoms with van der Waals surface area (Å²) in [6.45, 7) is 4.05.